The summed E-state index contributed by atoms with van der Waals surface area (Å²) < 4.78 is 0. The van der Waals surface area contributed by atoms with Crippen LogP contribution in [0.5, 0.6) is 5.75 Å². The number of phenolic OH excluding ortho intramolecular Hbond substituents is 1. The van der Waals surface area contributed by atoms with Crippen molar-refractivity contribution >= 4 is 5.84 Å². The molecule has 1 aromatic rings. The number of benzene rings is 1. The third kappa shape index (κ3) is 2.20. The minimum absolute atomic E-state index is 0.304. The summed E-state index contributed by atoms with van der Waals surface area (Å²) in [6.07, 6.45) is 3.81. The van der Waals surface area contributed by atoms with Crippen LogP contribution in [-0.2, 0) is 6.42 Å². The first-order valence-corrected chi connectivity index (χ1v) is 6.58. The number of nitrogens with one attached hydrogen (secondary N) is 1. The summed E-state index contributed by atoms with van der Waals surface area (Å²) in [7, 11) is 0. The lowest BCUT2D eigenvalue weighted by molar-refractivity contribution is 0.347. The fourth-order valence-electron chi connectivity index (χ4n) is 2.89. The van der Waals surface area contributed by atoms with Gasteiger partial charge in [0, 0.05) is 18.0 Å². The number of aliphatic imine (C=N–C) groups is 1. The standard InChI is InChI=1S/C14H19N3O/c15-10-5-6-11-12(8-10)17-14(16-11)7-9-3-1-2-4-13(9)18/h1-4,10-12,18H,5-8,15H2,(H,16,17). The van der Waals surface area contributed by atoms with E-state index in [-0.39, 0.29) is 0 Å². The highest BCUT2D eigenvalue weighted by Crippen LogP contribution is 2.26. The first-order chi connectivity index (χ1) is 8.72. The van der Waals surface area contributed by atoms with Gasteiger partial charge in [-0.3, -0.25) is 4.99 Å². The molecule has 1 fully saturated rings. The molecule has 0 spiro atoms. The second-order valence-electron chi connectivity index (χ2n) is 5.27. The third-order valence-corrected chi connectivity index (χ3v) is 3.88. The van der Waals surface area contributed by atoms with E-state index in [9.17, 15) is 5.11 Å². The Kier molecular flexibility index (Phi) is 2.96. The van der Waals surface area contributed by atoms with Crippen LogP contribution < -0.4 is 11.1 Å². The zero-order chi connectivity index (χ0) is 12.5. The number of amidine groups is 1. The monoisotopic (exact) mass is 245 g/mol. The van der Waals surface area contributed by atoms with E-state index in [1.807, 2.05) is 18.2 Å². The van der Waals surface area contributed by atoms with E-state index in [0.717, 1.165) is 30.7 Å². The molecule has 1 aliphatic carbocycles. The summed E-state index contributed by atoms with van der Waals surface area (Å²) in [5, 5.41) is 13.2. The highest BCUT2D eigenvalue weighted by atomic mass is 16.3. The molecule has 1 aromatic carbocycles. The van der Waals surface area contributed by atoms with E-state index < -0.39 is 0 Å². The molecule has 18 heavy (non-hydrogen) atoms. The highest BCUT2D eigenvalue weighted by molar-refractivity contribution is 5.87. The van der Waals surface area contributed by atoms with Crippen LogP contribution in [0.2, 0.25) is 0 Å². The van der Waals surface area contributed by atoms with Crippen LogP contribution >= 0.6 is 0 Å². The van der Waals surface area contributed by atoms with Crippen molar-refractivity contribution in [3.05, 3.63) is 29.8 Å². The van der Waals surface area contributed by atoms with Gasteiger partial charge in [0.05, 0.1) is 12.1 Å². The Morgan fingerprint density at radius 1 is 1.33 bits per heavy atom. The molecule has 4 N–H and O–H groups in total. The zero-order valence-corrected chi connectivity index (χ0v) is 10.3. The van der Waals surface area contributed by atoms with Crippen LogP contribution in [0.4, 0.5) is 0 Å². The smallest absolute Gasteiger partial charge is 0.119 e. The molecule has 0 aromatic heterocycles. The molecule has 3 atom stereocenters. The maximum absolute atomic E-state index is 9.77. The average Bonchev–Trinajstić information content (AvgIpc) is 2.73. The van der Waals surface area contributed by atoms with Gasteiger partial charge in [0.25, 0.3) is 0 Å². The van der Waals surface area contributed by atoms with Crippen LogP contribution in [0.1, 0.15) is 24.8 Å². The van der Waals surface area contributed by atoms with Gasteiger partial charge >= 0.3 is 0 Å². The SMILES string of the molecule is NC1CCC2N=C(Cc3ccccc3O)NC2C1. The number of hydrogen-bond donors (Lipinski definition) is 3. The number of rotatable bonds is 2. The van der Waals surface area contributed by atoms with Crippen molar-refractivity contribution in [3.63, 3.8) is 0 Å². The first kappa shape index (κ1) is 11.5. The Morgan fingerprint density at radius 2 is 2.17 bits per heavy atom. The minimum Gasteiger partial charge on any atom is -0.508 e. The molecule has 1 aliphatic heterocycles. The summed E-state index contributed by atoms with van der Waals surface area (Å²) in [6, 6.07) is 8.51. The Hall–Kier alpha value is -1.55. The van der Waals surface area contributed by atoms with Gasteiger partial charge in [0.1, 0.15) is 11.6 Å². The Labute approximate surface area is 107 Å². The zero-order valence-electron chi connectivity index (χ0n) is 10.3. The fraction of sp³-hybridized carbons (Fsp3) is 0.500. The van der Waals surface area contributed by atoms with Crippen LogP contribution in [0.25, 0.3) is 0 Å². The van der Waals surface area contributed by atoms with Crippen LogP contribution in [-0.4, -0.2) is 29.1 Å². The third-order valence-electron chi connectivity index (χ3n) is 3.88. The van der Waals surface area contributed by atoms with Crippen LogP contribution in [0.3, 0.4) is 0 Å². The molecule has 1 saturated carbocycles. The number of fused-ring (bicyclic) bond motifs is 1. The second-order valence-corrected chi connectivity index (χ2v) is 5.27. The number of para-hydroxylation sites is 1. The molecule has 2 aliphatic rings. The molecule has 4 nitrogen and oxygen atoms in total. The van der Waals surface area contributed by atoms with Crippen molar-refractivity contribution in [2.24, 2.45) is 10.7 Å². The number of nitrogens with zero attached hydrogens (tertiary/aromatic N) is 1. The molecule has 3 rings (SSSR count). The molecule has 0 bridgehead atoms. The van der Waals surface area contributed by atoms with Crippen molar-refractivity contribution in [3.8, 4) is 5.75 Å². The topological polar surface area (TPSA) is 70.6 Å². The van der Waals surface area contributed by atoms with Crippen molar-refractivity contribution in [2.75, 3.05) is 0 Å². The molecule has 0 saturated heterocycles. The summed E-state index contributed by atoms with van der Waals surface area (Å²) in [5.41, 5.74) is 6.90. The van der Waals surface area contributed by atoms with E-state index in [0.29, 0.717) is 30.3 Å². The maximum atomic E-state index is 9.77. The Morgan fingerprint density at radius 3 is 3.00 bits per heavy atom. The second kappa shape index (κ2) is 4.61. The normalized spacial score (nSPS) is 30.5. The van der Waals surface area contributed by atoms with E-state index in [1.54, 1.807) is 6.07 Å². The number of hydrogen-bond acceptors (Lipinski definition) is 4. The molecular formula is C14H19N3O. The molecule has 0 amide bonds. The minimum atomic E-state index is 0.304. The van der Waals surface area contributed by atoms with Crippen molar-refractivity contribution < 1.29 is 5.11 Å². The highest BCUT2D eigenvalue weighted by Gasteiger charge is 2.33. The van der Waals surface area contributed by atoms with Gasteiger partial charge in [-0.25, -0.2) is 0 Å². The first-order valence-electron chi connectivity index (χ1n) is 6.58. The van der Waals surface area contributed by atoms with E-state index in [4.69, 9.17) is 10.7 Å². The van der Waals surface area contributed by atoms with Gasteiger partial charge in [0.2, 0.25) is 0 Å². The Balaban J connectivity index is 1.70. The van der Waals surface area contributed by atoms with Crippen molar-refractivity contribution in [2.45, 2.75) is 43.8 Å². The summed E-state index contributed by atoms with van der Waals surface area (Å²) in [6.45, 7) is 0. The van der Waals surface area contributed by atoms with Gasteiger partial charge in [-0.2, -0.15) is 0 Å². The predicted molar refractivity (Wildman–Crippen MR) is 71.8 cm³/mol. The summed E-state index contributed by atoms with van der Waals surface area (Å²) in [4.78, 5) is 4.72. The number of aromatic hydroxyl groups is 1. The lowest BCUT2D eigenvalue weighted by atomic mass is 9.88. The van der Waals surface area contributed by atoms with Crippen LogP contribution in [0.15, 0.2) is 29.3 Å². The number of phenols is 1. The van der Waals surface area contributed by atoms with Crippen LogP contribution in [0, 0.1) is 0 Å². The average molecular weight is 245 g/mol. The molecule has 0 radical (unpaired) electrons. The summed E-state index contributed by atoms with van der Waals surface area (Å²) >= 11 is 0. The Bertz CT molecular complexity index is 472. The lowest BCUT2D eigenvalue weighted by Crippen LogP contribution is -2.44. The summed E-state index contributed by atoms with van der Waals surface area (Å²) in [5.74, 6) is 1.33. The molecule has 4 heteroatoms. The predicted octanol–water partition coefficient (Wildman–Crippen LogP) is 1.18. The van der Waals surface area contributed by atoms with Gasteiger partial charge < -0.3 is 16.2 Å². The lowest BCUT2D eigenvalue weighted by Gasteiger charge is -2.28. The van der Waals surface area contributed by atoms with E-state index in [1.165, 1.54) is 0 Å². The van der Waals surface area contributed by atoms with Gasteiger partial charge in [0.15, 0.2) is 0 Å². The molecular weight excluding hydrogens is 226 g/mol. The van der Waals surface area contributed by atoms with Gasteiger partial charge in [-0.05, 0) is 25.3 Å². The maximum Gasteiger partial charge on any atom is 0.119 e. The largest absolute Gasteiger partial charge is 0.508 e. The van der Waals surface area contributed by atoms with Crippen molar-refractivity contribution in [1.29, 1.82) is 0 Å². The fourth-order valence-corrected chi connectivity index (χ4v) is 2.89. The molecule has 3 unspecified atom stereocenters. The quantitative estimate of drug-likeness (QED) is 0.733. The van der Waals surface area contributed by atoms with Gasteiger partial charge in [-0.1, -0.05) is 18.2 Å². The van der Waals surface area contributed by atoms with E-state index in [2.05, 4.69) is 5.32 Å². The number of nitrogens with two attached hydrogens (primary N) is 1. The molecule has 96 valence electrons. The van der Waals surface area contributed by atoms with Gasteiger partial charge in [-0.15, -0.1) is 0 Å². The van der Waals surface area contributed by atoms with E-state index >= 15 is 0 Å². The molecule has 1 heterocycles. The van der Waals surface area contributed by atoms with Crippen molar-refractivity contribution in [1.82, 2.24) is 5.32 Å².